The number of rotatable bonds is 10. The molecule has 0 N–H and O–H groups in total. The maximum absolute atomic E-state index is 6.47. The third-order valence-electron chi connectivity index (χ3n) is 5.78. The van der Waals surface area contributed by atoms with Crippen molar-refractivity contribution in [2.45, 2.75) is 57.4 Å². The molecule has 5 nitrogen and oxygen atoms in total. The molecule has 0 bridgehead atoms. The van der Waals surface area contributed by atoms with Crippen LogP contribution in [-0.2, 0) is 38.8 Å². The first kappa shape index (κ1) is 24.4. The van der Waals surface area contributed by atoms with E-state index < -0.39 is 18.4 Å². The molecule has 3 aromatic rings. The van der Waals surface area contributed by atoms with Crippen molar-refractivity contribution in [2.75, 3.05) is 0 Å². The van der Waals surface area contributed by atoms with E-state index in [4.69, 9.17) is 31.2 Å². The molecule has 3 aromatic carbocycles. The molecule has 0 spiro atoms. The summed E-state index contributed by atoms with van der Waals surface area (Å²) in [6, 6.07) is 30.1. The van der Waals surface area contributed by atoms with E-state index in [1.165, 1.54) is 0 Å². The van der Waals surface area contributed by atoms with Gasteiger partial charge in [0, 0.05) is 0 Å². The van der Waals surface area contributed by atoms with Gasteiger partial charge in [-0.15, -0.1) is 0 Å². The topological polar surface area (TPSA) is 49.3 Å². The van der Waals surface area contributed by atoms with Crippen LogP contribution in [0.15, 0.2) is 96.0 Å². The molecular weight excluding hydrogens is 446 g/mol. The fraction of sp³-hybridized carbons (Fsp3) is 0.321. The van der Waals surface area contributed by atoms with Gasteiger partial charge in [0.25, 0.3) is 0 Å². The molecule has 0 aromatic heterocycles. The van der Waals surface area contributed by atoms with E-state index in [1.54, 1.807) is 0 Å². The average molecular weight is 476 g/mol. The maximum Gasteiger partial charge on any atom is 0.187 e. The Bertz CT molecular complexity index is 1040. The number of hydrogen-bond acceptors (Lipinski definition) is 6. The molecule has 0 unspecified atom stereocenters. The quantitative estimate of drug-likeness (QED) is 0.283. The lowest BCUT2D eigenvalue weighted by Crippen LogP contribution is -2.58. The molecule has 1 fully saturated rings. The Morgan fingerprint density at radius 1 is 0.676 bits per heavy atom. The summed E-state index contributed by atoms with van der Waals surface area (Å²) in [5, 5.41) is 2.46. The molecule has 0 amide bonds. The van der Waals surface area contributed by atoms with Crippen LogP contribution in [0.2, 0.25) is 0 Å². The van der Waals surface area contributed by atoms with Crippen LogP contribution >= 0.6 is 12.2 Å². The SMILES string of the molecule is C[C@H]1O[C@@H](N=C=S)[C@H](OCc2ccccc2)[C@@H](OCc2ccccc2)[C@@H]1OCc1ccccc1. The lowest BCUT2D eigenvalue weighted by molar-refractivity contribution is -0.259. The fourth-order valence-electron chi connectivity index (χ4n) is 4.04. The molecule has 1 saturated heterocycles. The Morgan fingerprint density at radius 2 is 1.09 bits per heavy atom. The van der Waals surface area contributed by atoms with Crippen molar-refractivity contribution in [3.05, 3.63) is 108 Å². The second kappa shape index (κ2) is 12.7. The minimum atomic E-state index is -0.631. The van der Waals surface area contributed by atoms with Crippen molar-refractivity contribution in [1.29, 1.82) is 0 Å². The third-order valence-corrected chi connectivity index (χ3v) is 5.89. The van der Waals surface area contributed by atoms with Crippen molar-refractivity contribution < 1.29 is 18.9 Å². The van der Waals surface area contributed by atoms with Gasteiger partial charge >= 0.3 is 0 Å². The summed E-state index contributed by atoms with van der Waals surface area (Å²) >= 11 is 4.90. The number of nitrogens with zero attached hydrogens (tertiary/aromatic N) is 1. The minimum absolute atomic E-state index is 0.279. The summed E-state index contributed by atoms with van der Waals surface area (Å²) in [6.07, 6.45) is -2.21. The molecule has 34 heavy (non-hydrogen) atoms. The Hall–Kier alpha value is -2.70. The predicted octanol–water partition coefficient (Wildman–Crippen LogP) is 5.59. The van der Waals surface area contributed by atoms with Gasteiger partial charge in [-0.05, 0) is 35.8 Å². The minimum Gasteiger partial charge on any atom is -0.368 e. The maximum atomic E-state index is 6.47. The van der Waals surface area contributed by atoms with Gasteiger partial charge in [-0.3, -0.25) is 0 Å². The van der Waals surface area contributed by atoms with Gasteiger partial charge in [0.05, 0.1) is 31.1 Å². The highest BCUT2D eigenvalue weighted by Gasteiger charge is 2.46. The first-order valence-corrected chi connectivity index (χ1v) is 11.8. The summed E-state index contributed by atoms with van der Waals surface area (Å²) in [4.78, 5) is 4.27. The van der Waals surface area contributed by atoms with Crippen molar-refractivity contribution >= 4 is 17.4 Å². The van der Waals surface area contributed by atoms with Gasteiger partial charge in [0.1, 0.15) is 18.3 Å². The van der Waals surface area contributed by atoms with E-state index in [2.05, 4.69) is 10.2 Å². The second-order valence-electron chi connectivity index (χ2n) is 8.24. The van der Waals surface area contributed by atoms with Gasteiger partial charge < -0.3 is 18.9 Å². The molecule has 0 saturated carbocycles. The number of thiocarbonyl (C=S) groups is 1. The summed E-state index contributed by atoms with van der Waals surface area (Å²) in [5.41, 5.74) is 3.20. The zero-order valence-corrected chi connectivity index (χ0v) is 20.0. The fourth-order valence-corrected chi connectivity index (χ4v) is 4.15. The monoisotopic (exact) mass is 475 g/mol. The van der Waals surface area contributed by atoms with Crippen LogP contribution in [0.4, 0.5) is 0 Å². The Kier molecular flexibility index (Phi) is 9.11. The zero-order valence-electron chi connectivity index (χ0n) is 19.2. The van der Waals surface area contributed by atoms with E-state index in [-0.39, 0.29) is 12.2 Å². The van der Waals surface area contributed by atoms with Gasteiger partial charge in [0.15, 0.2) is 6.23 Å². The van der Waals surface area contributed by atoms with E-state index in [0.29, 0.717) is 19.8 Å². The smallest absolute Gasteiger partial charge is 0.187 e. The van der Waals surface area contributed by atoms with E-state index >= 15 is 0 Å². The third kappa shape index (κ3) is 6.67. The number of isothiocyanates is 1. The van der Waals surface area contributed by atoms with Crippen LogP contribution in [0.1, 0.15) is 23.6 Å². The van der Waals surface area contributed by atoms with Crippen molar-refractivity contribution in [1.82, 2.24) is 0 Å². The highest BCUT2D eigenvalue weighted by atomic mass is 32.1. The highest BCUT2D eigenvalue weighted by molar-refractivity contribution is 7.78. The Morgan fingerprint density at radius 3 is 1.53 bits per heavy atom. The first-order chi connectivity index (χ1) is 16.7. The molecule has 1 aliphatic rings. The summed E-state index contributed by atoms with van der Waals surface area (Å²) in [7, 11) is 0. The molecule has 6 heteroatoms. The molecular formula is C28H29NO4S. The second-order valence-corrected chi connectivity index (χ2v) is 8.42. The van der Waals surface area contributed by atoms with Crippen LogP contribution in [0.25, 0.3) is 0 Å². The van der Waals surface area contributed by atoms with Crippen molar-refractivity contribution in [3.8, 4) is 0 Å². The first-order valence-electron chi connectivity index (χ1n) is 11.4. The van der Waals surface area contributed by atoms with Gasteiger partial charge in [-0.2, -0.15) is 4.99 Å². The lowest BCUT2D eigenvalue weighted by Gasteiger charge is -2.43. The molecule has 1 heterocycles. The predicted molar refractivity (Wildman–Crippen MR) is 134 cm³/mol. The number of hydrogen-bond donors (Lipinski definition) is 0. The molecule has 176 valence electrons. The molecule has 0 radical (unpaired) electrons. The van der Waals surface area contributed by atoms with Crippen LogP contribution in [0.5, 0.6) is 0 Å². The standard InChI is InChI=1S/C28H29NO4S/c1-21-25(30-17-22-11-5-2-6-12-22)26(31-18-23-13-7-3-8-14-23)27(28(33-21)29-20-34)32-19-24-15-9-4-10-16-24/h2-16,21,25-28H,17-19H2,1H3/t21-,25-,26+,27-,28-/m1/s1. The van der Waals surface area contributed by atoms with E-state index in [9.17, 15) is 0 Å². The summed E-state index contributed by atoms with van der Waals surface area (Å²) < 4.78 is 25.4. The Balaban J connectivity index is 1.57. The largest absolute Gasteiger partial charge is 0.368 e. The molecule has 1 aliphatic heterocycles. The van der Waals surface area contributed by atoms with Gasteiger partial charge in [-0.1, -0.05) is 91.0 Å². The van der Waals surface area contributed by atoms with Crippen LogP contribution < -0.4 is 0 Å². The van der Waals surface area contributed by atoms with E-state index in [0.717, 1.165) is 16.7 Å². The normalized spacial score (nSPS) is 24.3. The van der Waals surface area contributed by atoms with Crippen LogP contribution in [0, 0.1) is 0 Å². The molecule has 0 aliphatic carbocycles. The van der Waals surface area contributed by atoms with Crippen LogP contribution in [-0.4, -0.2) is 35.8 Å². The van der Waals surface area contributed by atoms with Gasteiger partial charge in [-0.25, -0.2) is 0 Å². The number of benzene rings is 3. The van der Waals surface area contributed by atoms with Crippen molar-refractivity contribution in [2.24, 2.45) is 4.99 Å². The van der Waals surface area contributed by atoms with Crippen LogP contribution in [0.3, 0.4) is 0 Å². The average Bonchev–Trinajstić information content (AvgIpc) is 2.88. The Labute approximate surface area is 206 Å². The van der Waals surface area contributed by atoms with Gasteiger partial charge in [0.2, 0.25) is 0 Å². The highest BCUT2D eigenvalue weighted by Crippen LogP contribution is 2.30. The van der Waals surface area contributed by atoms with Crippen molar-refractivity contribution in [3.63, 3.8) is 0 Å². The molecule has 5 atom stereocenters. The lowest BCUT2D eigenvalue weighted by atomic mass is 9.98. The number of aliphatic imine (C=N–C) groups is 1. The molecule has 4 rings (SSSR count). The zero-order chi connectivity index (χ0) is 23.6. The summed E-state index contributed by atoms with van der Waals surface area (Å²) in [5.74, 6) is 0. The number of ether oxygens (including phenoxy) is 4. The summed E-state index contributed by atoms with van der Waals surface area (Å²) in [6.45, 7) is 3.22. The van der Waals surface area contributed by atoms with E-state index in [1.807, 2.05) is 97.9 Å².